The lowest BCUT2D eigenvalue weighted by Crippen LogP contribution is -2.35. The third-order valence-corrected chi connectivity index (χ3v) is 2.25. The Morgan fingerprint density at radius 3 is 2.67 bits per heavy atom. The second kappa shape index (κ2) is 3.87. The SMILES string of the molecule is COC(C[C@@H](N)C(=O)O)C1CC1. The molecular formula is C8H15NO3. The molecule has 70 valence electrons. The Morgan fingerprint density at radius 2 is 2.33 bits per heavy atom. The van der Waals surface area contributed by atoms with Gasteiger partial charge in [-0.3, -0.25) is 4.79 Å². The molecule has 1 aliphatic rings. The van der Waals surface area contributed by atoms with E-state index in [0.717, 1.165) is 12.8 Å². The fourth-order valence-corrected chi connectivity index (χ4v) is 1.30. The number of aliphatic carboxylic acids is 1. The van der Waals surface area contributed by atoms with Gasteiger partial charge >= 0.3 is 5.97 Å². The van der Waals surface area contributed by atoms with Gasteiger partial charge in [-0.2, -0.15) is 0 Å². The fraction of sp³-hybridized carbons (Fsp3) is 0.875. The first kappa shape index (κ1) is 9.48. The molecule has 0 radical (unpaired) electrons. The van der Waals surface area contributed by atoms with Crippen LogP contribution in [0.4, 0.5) is 0 Å². The first-order valence-corrected chi connectivity index (χ1v) is 4.16. The maximum atomic E-state index is 10.4. The van der Waals surface area contributed by atoms with Crippen molar-refractivity contribution in [3.63, 3.8) is 0 Å². The van der Waals surface area contributed by atoms with Crippen molar-refractivity contribution >= 4 is 5.97 Å². The molecule has 1 rings (SSSR count). The molecule has 12 heavy (non-hydrogen) atoms. The van der Waals surface area contributed by atoms with E-state index in [9.17, 15) is 4.79 Å². The van der Waals surface area contributed by atoms with Crippen LogP contribution in [-0.2, 0) is 9.53 Å². The van der Waals surface area contributed by atoms with Crippen LogP contribution in [0.25, 0.3) is 0 Å². The van der Waals surface area contributed by atoms with E-state index >= 15 is 0 Å². The highest BCUT2D eigenvalue weighted by Gasteiger charge is 2.33. The Bertz CT molecular complexity index is 168. The van der Waals surface area contributed by atoms with Crippen molar-refractivity contribution in [3.05, 3.63) is 0 Å². The van der Waals surface area contributed by atoms with E-state index in [1.165, 1.54) is 0 Å². The Morgan fingerprint density at radius 1 is 1.75 bits per heavy atom. The normalized spacial score (nSPS) is 21.8. The monoisotopic (exact) mass is 173 g/mol. The number of hydrogen-bond donors (Lipinski definition) is 2. The van der Waals surface area contributed by atoms with Crippen molar-refractivity contribution in [2.24, 2.45) is 11.7 Å². The van der Waals surface area contributed by atoms with Crippen LogP contribution in [-0.4, -0.2) is 30.3 Å². The first-order chi connectivity index (χ1) is 5.65. The molecule has 4 heteroatoms. The van der Waals surface area contributed by atoms with Crippen LogP contribution < -0.4 is 5.73 Å². The summed E-state index contributed by atoms with van der Waals surface area (Å²) >= 11 is 0. The van der Waals surface area contributed by atoms with Gasteiger partial charge in [0.15, 0.2) is 0 Å². The molecule has 1 fully saturated rings. The zero-order valence-corrected chi connectivity index (χ0v) is 7.19. The summed E-state index contributed by atoms with van der Waals surface area (Å²) < 4.78 is 5.15. The number of ether oxygens (including phenoxy) is 1. The number of carboxylic acids is 1. The second-order valence-corrected chi connectivity index (χ2v) is 3.29. The molecule has 0 aromatic rings. The molecule has 0 bridgehead atoms. The van der Waals surface area contributed by atoms with Gasteiger partial charge in [0.25, 0.3) is 0 Å². The highest BCUT2D eigenvalue weighted by Crippen LogP contribution is 2.35. The minimum Gasteiger partial charge on any atom is -0.480 e. The average Bonchev–Trinajstić information content (AvgIpc) is 2.82. The second-order valence-electron chi connectivity index (χ2n) is 3.29. The van der Waals surface area contributed by atoms with Crippen molar-refractivity contribution in [2.75, 3.05) is 7.11 Å². The number of nitrogens with two attached hydrogens (primary N) is 1. The lowest BCUT2D eigenvalue weighted by Gasteiger charge is -2.16. The molecule has 0 amide bonds. The molecule has 0 aliphatic heterocycles. The number of hydrogen-bond acceptors (Lipinski definition) is 3. The van der Waals surface area contributed by atoms with Gasteiger partial charge < -0.3 is 15.6 Å². The molecule has 1 saturated carbocycles. The summed E-state index contributed by atoms with van der Waals surface area (Å²) in [5.74, 6) is -0.405. The van der Waals surface area contributed by atoms with Crippen LogP contribution in [0, 0.1) is 5.92 Å². The molecule has 0 saturated heterocycles. The van der Waals surface area contributed by atoms with E-state index in [4.69, 9.17) is 15.6 Å². The van der Waals surface area contributed by atoms with E-state index in [0.29, 0.717) is 12.3 Å². The van der Waals surface area contributed by atoms with Gasteiger partial charge in [-0.25, -0.2) is 0 Å². The third-order valence-electron chi connectivity index (χ3n) is 2.25. The van der Waals surface area contributed by atoms with Crippen LogP contribution in [0.1, 0.15) is 19.3 Å². The van der Waals surface area contributed by atoms with Crippen LogP contribution in [0.15, 0.2) is 0 Å². The van der Waals surface area contributed by atoms with Crippen molar-refractivity contribution < 1.29 is 14.6 Å². The highest BCUT2D eigenvalue weighted by atomic mass is 16.5. The molecule has 0 aromatic heterocycles. The molecule has 0 heterocycles. The van der Waals surface area contributed by atoms with E-state index < -0.39 is 12.0 Å². The Labute approximate surface area is 71.7 Å². The molecule has 2 atom stereocenters. The van der Waals surface area contributed by atoms with E-state index in [-0.39, 0.29) is 6.10 Å². The molecule has 4 nitrogen and oxygen atoms in total. The summed E-state index contributed by atoms with van der Waals surface area (Å²) in [6, 6.07) is -0.782. The van der Waals surface area contributed by atoms with Gasteiger partial charge in [0, 0.05) is 7.11 Å². The minimum atomic E-state index is -0.947. The maximum absolute atomic E-state index is 10.4. The van der Waals surface area contributed by atoms with Gasteiger partial charge in [0.05, 0.1) is 6.10 Å². The van der Waals surface area contributed by atoms with Gasteiger partial charge in [-0.05, 0) is 25.2 Å². The Kier molecular flexibility index (Phi) is 3.05. The molecular weight excluding hydrogens is 158 g/mol. The topological polar surface area (TPSA) is 72.5 Å². The fourth-order valence-electron chi connectivity index (χ4n) is 1.30. The zero-order chi connectivity index (χ0) is 9.14. The highest BCUT2D eigenvalue weighted by molar-refractivity contribution is 5.73. The maximum Gasteiger partial charge on any atom is 0.320 e. The van der Waals surface area contributed by atoms with Gasteiger partial charge in [0.2, 0.25) is 0 Å². The predicted octanol–water partition coefficient (Wildman–Crippen LogP) is 0.213. The summed E-state index contributed by atoms with van der Waals surface area (Å²) in [6.45, 7) is 0. The average molecular weight is 173 g/mol. The number of rotatable bonds is 5. The smallest absolute Gasteiger partial charge is 0.320 e. The van der Waals surface area contributed by atoms with E-state index in [1.54, 1.807) is 7.11 Å². The summed E-state index contributed by atoms with van der Waals surface area (Å²) in [5.41, 5.74) is 5.38. The standard InChI is InChI=1S/C8H15NO3/c1-12-7(5-2-3-5)4-6(9)8(10)11/h5-7H,2-4,9H2,1H3,(H,10,11)/t6-,7?/m1/s1. The van der Waals surface area contributed by atoms with Crippen LogP contribution in [0.5, 0.6) is 0 Å². The van der Waals surface area contributed by atoms with Crippen LogP contribution >= 0.6 is 0 Å². The summed E-state index contributed by atoms with van der Waals surface area (Å²) in [7, 11) is 1.61. The molecule has 1 aliphatic carbocycles. The minimum absolute atomic E-state index is 0.0381. The summed E-state index contributed by atoms with van der Waals surface area (Å²) in [4.78, 5) is 10.4. The van der Waals surface area contributed by atoms with Crippen molar-refractivity contribution in [1.82, 2.24) is 0 Å². The van der Waals surface area contributed by atoms with Crippen molar-refractivity contribution in [3.8, 4) is 0 Å². The molecule has 0 spiro atoms. The van der Waals surface area contributed by atoms with Gasteiger partial charge in [-0.15, -0.1) is 0 Å². The number of carbonyl (C=O) groups is 1. The zero-order valence-electron chi connectivity index (χ0n) is 7.19. The molecule has 3 N–H and O–H groups in total. The van der Waals surface area contributed by atoms with Crippen molar-refractivity contribution in [2.45, 2.75) is 31.4 Å². The lowest BCUT2D eigenvalue weighted by molar-refractivity contribution is -0.139. The molecule has 0 aromatic carbocycles. The Hall–Kier alpha value is -0.610. The Balaban J connectivity index is 2.30. The number of methoxy groups -OCH3 is 1. The lowest BCUT2D eigenvalue weighted by atomic mass is 10.1. The van der Waals surface area contributed by atoms with Gasteiger partial charge in [0.1, 0.15) is 6.04 Å². The third kappa shape index (κ3) is 2.46. The summed E-state index contributed by atoms with van der Waals surface area (Å²) in [5, 5.41) is 8.55. The largest absolute Gasteiger partial charge is 0.480 e. The quantitative estimate of drug-likeness (QED) is 0.623. The van der Waals surface area contributed by atoms with Crippen LogP contribution in [0.3, 0.4) is 0 Å². The molecule has 1 unspecified atom stereocenters. The summed E-state index contributed by atoms with van der Waals surface area (Å²) in [6.07, 6.45) is 2.75. The van der Waals surface area contributed by atoms with Gasteiger partial charge in [-0.1, -0.05) is 0 Å². The van der Waals surface area contributed by atoms with E-state index in [1.807, 2.05) is 0 Å². The van der Waals surface area contributed by atoms with E-state index in [2.05, 4.69) is 0 Å². The van der Waals surface area contributed by atoms with Crippen molar-refractivity contribution in [1.29, 1.82) is 0 Å². The van der Waals surface area contributed by atoms with Crippen LogP contribution in [0.2, 0.25) is 0 Å². The predicted molar refractivity (Wildman–Crippen MR) is 43.7 cm³/mol. The number of carboxylic acid groups (broad SMARTS) is 1. The first-order valence-electron chi connectivity index (χ1n) is 4.16.